The normalized spacial score (nSPS) is 27.9. The quantitative estimate of drug-likeness (QED) is 0.909. The molecular formula is C17H27N3. The highest BCUT2D eigenvalue weighted by Gasteiger charge is 2.26. The van der Waals surface area contributed by atoms with Gasteiger partial charge < -0.3 is 10.2 Å². The van der Waals surface area contributed by atoms with Crippen LogP contribution >= 0.6 is 0 Å². The van der Waals surface area contributed by atoms with E-state index in [4.69, 9.17) is 0 Å². The molecule has 2 unspecified atom stereocenters. The highest BCUT2D eigenvalue weighted by molar-refractivity contribution is 5.48. The Bertz CT molecular complexity index is 426. The van der Waals surface area contributed by atoms with E-state index in [1.807, 2.05) is 0 Å². The van der Waals surface area contributed by atoms with E-state index < -0.39 is 0 Å². The SMILES string of the molecule is CC1CN(c2ccc(CNC3CC3)cc2)CC(C)N1C. The van der Waals surface area contributed by atoms with E-state index in [-0.39, 0.29) is 0 Å². The van der Waals surface area contributed by atoms with Crippen LogP contribution in [0.3, 0.4) is 0 Å². The van der Waals surface area contributed by atoms with Crippen LogP contribution in [-0.4, -0.2) is 43.2 Å². The van der Waals surface area contributed by atoms with Crippen LogP contribution in [0.4, 0.5) is 5.69 Å². The molecule has 3 nitrogen and oxygen atoms in total. The number of nitrogens with one attached hydrogen (secondary N) is 1. The Kier molecular flexibility index (Phi) is 3.99. The van der Waals surface area contributed by atoms with Gasteiger partial charge in [-0.25, -0.2) is 0 Å². The van der Waals surface area contributed by atoms with Gasteiger partial charge in [-0.15, -0.1) is 0 Å². The molecule has 2 aliphatic rings. The van der Waals surface area contributed by atoms with Crippen molar-refractivity contribution >= 4 is 5.69 Å². The second-order valence-electron chi connectivity index (χ2n) is 6.59. The Morgan fingerprint density at radius 2 is 1.65 bits per heavy atom. The minimum absolute atomic E-state index is 0.620. The van der Waals surface area contributed by atoms with E-state index in [0.29, 0.717) is 12.1 Å². The topological polar surface area (TPSA) is 18.5 Å². The Morgan fingerprint density at radius 1 is 1.05 bits per heavy atom. The molecule has 2 fully saturated rings. The third kappa shape index (κ3) is 3.15. The zero-order chi connectivity index (χ0) is 14.1. The van der Waals surface area contributed by atoms with Crippen molar-refractivity contribution in [1.82, 2.24) is 10.2 Å². The summed E-state index contributed by atoms with van der Waals surface area (Å²) < 4.78 is 0. The summed E-state index contributed by atoms with van der Waals surface area (Å²) in [5, 5.41) is 3.57. The molecule has 3 heteroatoms. The Labute approximate surface area is 123 Å². The van der Waals surface area contributed by atoms with Gasteiger partial charge in [-0.05, 0) is 51.4 Å². The molecular weight excluding hydrogens is 246 g/mol. The van der Waals surface area contributed by atoms with E-state index in [0.717, 1.165) is 25.7 Å². The smallest absolute Gasteiger partial charge is 0.0367 e. The third-order valence-electron chi connectivity index (χ3n) is 4.83. The van der Waals surface area contributed by atoms with E-state index in [1.54, 1.807) is 0 Å². The summed E-state index contributed by atoms with van der Waals surface area (Å²) in [5.74, 6) is 0. The molecule has 3 rings (SSSR count). The summed E-state index contributed by atoms with van der Waals surface area (Å²) in [5.41, 5.74) is 2.77. The average Bonchev–Trinajstić information content (AvgIpc) is 3.27. The molecule has 1 N–H and O–H groups in total. The lowest BCUT2D eigenvalue weighted by Crippen LogP contribution is -2.55. The van der Waals surface area contributed by atoms with Crippen molar-refractivity contribution in [3.05, 3.63) is 29.8 Å². The van der Waals surface area contributed by atoms with Gasteiger partial charge in [0.1, 0.15) is 0 Å². The summed E-state index contributed by atoms with van der Waals surface area (Å²) in [7, 11) is 2.24. The number of rotatable bonds is 4. The largest absolute Gasteiger partial charge is 0.368 e. The van der Waals surface area contributed by atoms with Crippen LogP contribution in [0, 0.1) is 0 Å². The first-order valence-corrected chi connectivity index (χ1v) is 7.92. The summed E-state index contributed by atoms with van der Waals surface area (Å²) in [4.78, 5) is 5.00. The fraction of sp³-hybridized carbons (Fsp3) is 0.647. The predicted octanol–water partition coefficient (Wildman–Crippen LogP) is 2.47. The molecule has 0 bridgehead atoms. The van der Waals surface area contributed by atoms with Crippen molar-refractivity contribution in [1.29, 1.82) is 0 Å². The van der Waals surface area contributed by atoms with Gasteiger partial charge in [-0.2, -0.15) is 0 Å². The van der Waals surface area contributed by atoms with Crippen LogP contribution in [0.25, 0.3) is 0 Å². The van der Waals surface area contributed by atoms with Gasteiger partial charge in [-0.3, -0.25) is 4.90 Å². The molecule has 0 radical (unpaired) electrons. The Balaban J connectivity index is 1.61. The van der Waals surface area contributed by atoms with Gasteiger partial charge in [0, 0.05) is 43.4 Å². The Morgan fingerprint density at radius 3 is 2.20 bits per heavy atom. The molecule has 1 aliphatic carbocycles. The standard InChI is InChI=1S/C17H27N3/c1-13-11-20(12-14(2)19(13)3)17-8-4-15(5-9-17)10-18-16-6-7-16/h4-5,8-9,13-14,16,18H,6-7,10-12H2,1-3H3. The second-order valence-corrected chi connectivity index (χ2v) is 6.59. The number of benzene rings is 1. The maximum Gasteiger partial charge on any atom is 0.0367 e. The molecule has 110 valence electrons. The minimum Gasteiger partial charge on any atom is -0.368 e. The first-order chi connectivity index (χ1) is 9.63. The van der Waals surface area contributed by atoms with Crippen molar-refractivity contribution in [2.24, 2.45) is 0 Å². The molecule has 1 aliphatic heterocycles. The fourth-order valence-corrected chi connectivity index (χ4v) is 2.99. The first-order valence-electron chi connectivity index (χ1n) is 7.92. The van der Waals surface area contributed by atoms with Crippen molar-refractivity contribution in [3.63, 3.8) is 0 Å². The van der Waals surface area contributed by atoms with Crippen molar-refractivity contribution < 1.29 is 0 Å². The van der Waals surface area contributed by atoms with Crippen molar-refractivity contribution in [2.45, 2.75) is 51.4 Å². The van der Waals surface area contributed by atoms with Gasteiger partial charge in [0.05, 0.1) is 0 Å². The minimum atomic E-state index is 0.620. The van der Waals surface area contributed by atoms with Crippen LogP contribution in [0.1, 0.15) is 32.3 Å². The number of nitrogens with zero attached hydrogens (tertiary/aromatic N) is 2. The van der Waals surface area contributed by atoms with Gasteiger partial charge in [-0.1, -0.05) is 12.1 Å². The first kappa shape index (κ1) is 13.9. The van der Waals surface area contributed by atoms with E-state index in [2.05, 4.69) is 60.3 Å². The van der Waals surface area contributed by atoms with Crippen molar-refractivity contribution in [3.8, 4) is 0 Å². The number of hydrogen-bond acceptors (Lipinski definition) is 3. The predicted molar refractivity (Wildman–Crippen MR) is 85.2 cm³/mol. The van der Waals surface area contributed by atoms with Crippen LogP contribution in [-0.2, 0) is 6.54 Å². The zero-order valence-corrected chi connectivity index (χ0v) is 13.0. The summed E-state index contributed by atoms with van der Waals surface area (Å²) in [6.45, 7) is 7.90. The number of anilines is 1. The number of hydrogen-bond donors (Lipinski definition) is 1. The highest BCUT2D eigenvalue weighted by Crippen LogP contribution is 2.23. The van der Waals surface area contributed by atoms with E-state index in [1.165, 1.54) is 24.1 Å². The van der Waals surface area contributed by atoms with Gasteiger partial charge in [0.2, 0.25) is 0 Å². The summed E-state index contributed by atoms with van der Waals surface area (Å²) >= 11 is 0. The molecule has 0 aromatic heterocycles. The molecule has 1 heterocycles. The lowest BCUT2D eigenvalue weighted by atomic mass is 10.1. The molecule has 2 atom stereocenters. The van der Waals surface area contributed by atoms with E-state index in [9.17, 15) is 0 Å². The highest BCUT2D eigenvalue weighted by atomic mass is 15.3. The fourth-order valence-electron chi connectivity index (χ4n) is 2.99. The molecule has 1 saturated heterocycles. The maximum atomic E-state index is 3.57. The number of piperazine rings is 1. The van der Waals surface area contributed by atoms with Crippen LogP contribution < -0.4 is 10.2 Å². The molecule has 0 amide bonds. The van der Waals surface area contributed by atoms with Gasteiger partial charge >= 0.3 is 0 Å². The van der Waals surface area contributed by atoms with Crippen LogP contribution in [0.2, 0.25) is 0 Å². The zero-order valence-electron chi connectivity index (χ0n) is 13.0. The molecule has 0 spiro atoms. The summed E-state index contributed by atoms with van der Waals surface area (Å²) in [6, 6.07) is 11.2. The molecule has 20 heavy (non-hydrogen) atoms. The van der Waals surface area contributed by atoms with E-state index >= 15 is 0 Å². The van der Waals surface area contributed by atoms with Crippen LogP contribution in [0.15, 0.2) is 24.3 Å². The van der Waals surface area contributed by atoms with Crippen LogP contribution in [0.5, 0.6) is 0 Å². The van der Waals surface area contributed by atoms with Gasteiger partial charge in [0.25, 0.3) is 0 Å². The van der Waals surface area contributed by atoms with Crippen molar-refractivity contribution in [2.75, 3.05) is 25.0 Å². The molecule has 1 aromatic carbocycles. The number of likely N-dealkylation sites (N-methyl/N-ethyl adjacent to an activating group) is 1. The average molecular weight is 273 g/mol. The third-order valence-corrected chi connectivity index (χ3v) is 4.83. The van der Waals surface area contributed by atoms with Gasteiger partial charge in [0.15, 0.2) is 0 Å². The second kappa shape index (κ2) is 5.74. The molecule has 1 saturated carbocycles. The lowest BCUT2D eigenvalue weighted by molar-refractivity contribution is 0.170. The summed E-state index contributed by atoms with van der Waals surface area (Å²) in [6.07, 6.45) is 2.71. The molecule has 1 aromatic rings. The maximum absolute atomic E-state index is 3.57. The lowest BCUT2D eigenvalue weighted by Gasteiger charge is -2.43. The monoisotopic (exact) mass is 273 g/mol. The Hall–Kier alpha value is -1.06.